The van der Waals surface area contributed by atoms with Crippen LogP contribution in [-0.4, -0.2) is 33.4 Å². The van der Waals surface area contributed by atoms with E-state index in [0.29, 0.717) is 13.1 Å². The van der Waals surface area contributed by atoms with Gasteiger partial charge in [0.25, 0.3) is 0 Å². The molecule has 1 aromatic heterocycles. The van der Waals surface area contributed by atoms with E-state index in [4.69, 9.17) is 4.74 Å². The van der Waals surface area contributed by atoms with Crippen LogP contribution in [0.2, 0.25) is 0 Å². The van der Waals surface area contributed by atoms with Gasteiger partial charge < -0.3 is 10.1 Å². The number of tetrazole rings is 1. The molecule has 20 heavy (non-hydrogen) atoms. The van der Waals surface area contributed by atoms with E-state index in [-0.39, 0.29) is 0 Å². The smallest absolute Gasteiger partial charge is 0.165 e. The molecule has 0 aliphatic carbocycles. The maximum absolute atomic E-state index is 5.74. The lowest BCUT2D eigenvalue weighted by molar-refractivity contribution is 0.352. The molecule has 0 saturated heterocycles. The number of hydrogen-bond acceptors (Lipinski definition) is 5. The van der Waals surface area contributed by atoms with Gasteiger partial charge in [-0.2, -0.15) is 0 Å². The molecular weight excluding hydrogens is 322 g/mol. The topological polar surface area (TPSA) is 64.9 Å². The summed E-state index contributed by atoms with van der Waals surface area (Å²) in [5, 5.41) is 15.1. The lowest BCUT2D eigenvalue weighted by atomic mass is 10.1. The Morgan fingerprint density at radius 2 is 2.35 bits per heavy atom. The summed E-state index contributed by atoms with van der Waals surface area (Å²) in [6.07, 6.45) is 0.960. The molecule has 1 N–H and O–H groups in total. The minimum atomic E-state index is 0.621. The van der Waals surface area contributed by atoms with Gasteiger partial charge >= 0.3 is 0 Å². The predicted molar refractivity (Wildman–Crippen MR) is 77.6 cm³/mol. The Morgan fingerprint density at radius 1 is 1.45 bits per heavy atom. The van der Waals surface area contributed by atoms with E-state index < -0.39 is 0 Å². The van der Waals surface area contributed by atoms with Crippen LogP contribution in [0.25, 0.3) is 0 Å². The molecular formula is C13H16BrN5O. The van der Waals surface area contributed by atoms with Gasteiger partial charge in [0.2, 0.25) is 0 Å². The molecule has 2 heterocycles. The van der Waals surface area contributed by atoms with E-state index in [9.17, 15) is 0 Å². The summed E-state index contributed by atoms with van der Waals surface area (Å²) >= 11 is 3.55. The Morgan fingerprint density at radius 3 is 3.20 bits per heavy atom. The molecule has 3 rings (SSSR count). The molecule has 0 radical (unpaired) electrons. The van der Waals surface area contributed by atoms with Crippen LogP contribution in [0, 0.1) is 0 Å². The van der Waals surface area contributed by atoms with Crippen molar-refractivity contribution in [2.24, 2.45) is 0 Å². The molecule has 0 saturated carbocycles. The third-order valence-electron chi connectivity index (χ3n) is 3.28. The van der Waals surface area contributed by atoms with Crippen LogP contribution >= 0.6 is 15.9 Å². The van der Waals surface area contributed by atoms with E-state index in [1.807, 2.05) is 4.68 Å². The fourth-order valence-electron chi connectivity index (χ4n) is 2.33. The first-order chi connectivity index (χ1) is 9.78. The van der Waals surface area contributed by atoms with Crippen molar-refractivity contribution >= 4 is 15.9 Å². The van der Waals surface area contributed by atoms with Gasteiger partial charge in [0, 0.05) is 16.5 Å². The second-order valence-electron chi connectivity index (χ2n) is 4.68. The summed E-state index contributed by atoms with van der Waals surface area (Å²) in [4.78, 5) is 0. The average Bonchev–Trinajstić information content (AvgIpc) is 3.05. The molecule has 0 bridgehead atoms. The van der Waals surface area contributed by atoms with Crippen molar-refractivity contribution in [3.63, 3.8) is 0 Å². The van der Waals surface area contributed by atoms with Crippen LogP contribution in [0.15, 0.2) is 16.6 Å². The van der Waals surface area contributed by atoms with Gasteiger partial charge in [0.1, 0.15) is 5.75 Å². The van der Waals surface area contributed by atoms with E-state index >= 15 is 0 Å². The van der Waals surface area contributed by atoms with Crippen molar-refractivity contribution < 1.29 is 4.74 Å². The minimum Gasteiger partial charge on any atom is -0.493 e. The van der Waals surface area contributed by atoms with Crippen molar-refractivity contribution in [3.05, 3.63) is 33.6 Å². The van der Waals surface area contributed by atoms with Gasteiger partial charge in [-0.3, -0.25) is 0 Å². The zero-order valence-electron chi connectivity index (χ0n) is 11.3. The summed E-state index contributed by atoms with van der Waals surface area (Å²) in [6, 6.07) is 4.19. The third kappa shape index (κ3) is 2.69. The van der Waals surface area contributed by atoms with Crippen molar-refractivity contribution in [1.29, 1.82) is 0 Å². The minimum absolute atomic E-state index is 0.621. The number of nitrogens with one attached hydrogen (secondary N) is 1. The third-order valence-corrected chi connectivity index (χ3v) is 3.74. The lowest BCUT2D eigenvalue weighted by Gasteiger charge is -2.10. The number of rotatable bonds is 5. The average molecular weight is 338 g/mol. The highest BCUT2D eigenvalue weighted by atomic mass is 79.9. The summed E-state index contributed by atoms with van der Waals surface area (Å²) in [6.45, 7) is 4.99. The Labute approximate surface area is 125 Å². The molecule has 6 nitrogen and oxygen atoms in total. The van der Waals surface area contributed by atoms with Crippen LogP contribution < -0.4 is 10.1 Å². The second kappa shape index (κ2) is 5.88. The second-order valence-corrected chi connectivity index (χ2v) is 5.60. The van der Waals surface area contributed by atoms with Gasteiger partial charge in [-0.05, 0) is 34.7 Å². The summed E-state index contributed by atoms with van der Waals surface area (Å²) in [5.74, 6) is 1.82. The van der Waals surface area contributed by atoms with Gasteiger partial charge in [-0.15, -0.1) is 5.10 Å². The van der Waals surface area contributed by atoms with E-state index in [1.165, 1.54) is 5.56 Å². The van der Waals surface area contributed by atoms with Crippen LogP contribution in [-0.2, 0) is 19.5 Å². The van der Waals surface area contributed by atoms with Crippen molar-refractivity contribution in [2.45, 2.75) is 26.4 Å². The first kappa shape index (κ1) is 13.5. The molecule has 0 spiro atoms. The fraction of sp³-hybridized carbons (Fsp3) is 0.462. The largest absolute Gasteiger partial charge is 0.493 e. The number of benzene rings is 1. The zero-order chi connectivity index (χ0) is 13.9. The quantitative estimate of drug-likeness (QED) is 0.896. The molecule has 0 atom stereocenters. The van der Waals surface area contributed by atoms with Crippen molar-refractivity contribution in [3.8, 4) is 5.75 Å². The monoisotopic (exact) mass is 337 g/mol. The van der Waals surface area contributed by atoms with Gasteiger partial charge in [0.05, 0.1) is 19.7 Å². The summed E-state index contributed by atoms with van der Waals surface area (Å²) < 4.78 is 8.62. The van der Waals surface area contributed by atoms with Crippen molar-refractivity contribution in [1.82, 2.24) is 25.5 Å². The normalized spacial score (nSPS) is 13.3. The van der Waals surface area contributed by atoms with Crippen LogP contribution in [0.4, 0.5) is 0 Å². The number of halogens is 1. The molecule has 1 aromatic carbocycles. The molecule has 1 aliphatic heterocycles. The molecule has 106 valence electrons. The van der Waals surface area contributed by atoms with Crippen LogP contribution in [0.5, 0.6) is 5.75 Å². The molecule has 7 heteroatoms. The Hall–Kier alpha value is -1.47. The highest BCUT2D eigenvalue weighted by molar-refractivity contribution is 9.10. The van der Waals surface area contributed by atoms with Gasteiger partial charge in [-0.25, -0.2) is 4.68 Å². The Kier molecular flexibility index (Phi) is 3.98. The Balaban J connectivity index is 1.87. The van der Waals surface area contributed by atoms with Crippen LogP contribution in [0.3, 0.4) is 0 Å². The lowest BCUT2D eigenvalue weighted by Crippen LogP contribution is -2.17. The Bertz CT molecular complexity index is 613. The summed E-state index contributed by atoms with van der Waals surface area (Å²) in [7, 11) is 0. The standard InChI is InChI=1S/C13H16BrN5O/c1-2-15-7-12-16-17-18-19(12)8-10-6-11(14)5-9-3-4-20-13(9)10/h5-6,15H,2-4,7-8H2,1H3. The number of nitrogens with zero attached hydrogens (tertiary/aromatic N) is 4. The SMILES string of the molecule is CCNCc1nnnn1Cc1cc(Br)cc2c1OCC2. The molecule has 0 amide bonds. The van der Waals surface area contributed by atoms with Crippen molar-refractivity contribution in [2.75, 3.05) is 13.2 Å². The molecule has 0 unspecified atom stereocenters. The zero-order valence-corrected chi connectivity index (χ0v) is 12.9. The number of hydrogen-bond donors (Lipinski definition) is 1. The first-order valence-electron chi connectivity index (χ1n) is 6.67. The predicted octanol–water partition coefficient (Wildman–Crippen LogP) is 1.53. The van der Waals surface area contributed by atoms with Gasteiger partial charge in [-0.1, -0.05) is 22.9 Å². The highest BCUT2D eigenvalue weighted by Crippen LogP contribution is 2.33. The first-order valence-corrected chi connectivity index (χ1v) is 7.47. The van der Waals surface area contributed by atoms with E-state index in [1.54, 1.807) is 0 Å². The molecule has 2 aromatic rings. The molecule has 1 aliphatic rings. The maximum atomic E-state index is 5.74. The van der Waals surface area contributed by atoms with E-state index in [2.05, 4.69) is 55.8 Å². The number of aromatic nitrogens is 4. The van der Waals surface area contributed by atoms with Crippen LogP contribution in [0.1, 0.15) is 23.9 Å². The van der Waals surface area contributed by atoms with Gasteiger partial charge in [0.15, 0.2) is 5.82 Å². The summed E-state index contributed by atoms with van der Waals surface area (Å²) in [5.41, 5.74) is 2.35. The fourth-order valence-corrected chi connectivity index (χ4v) is 2.89. The maximum Gasteiger partial charge on any atom is 0.165 e. The van der Waals surface area contributed by atoms with E-state index in [0.717, 1.165) is 41.2 Å². The number of fused-ring (bicyclic) bond motifs is 1. The highest BCUT2D eigenvalue weighted by Gasteiger charge is 2.18. The molecule has 0 fully saturated rings. The number of ether oxygens (including phenoxy) is 1.